The van der Waals surface area contributed by atoms with E-state index in [2.05, 4.69) is 23.3 Å². The van der Waals surface area contributed by atoms with Crippen molar-refractivity contribution in [3.05, 3.63) is 35.0 Å². The van der Waals surface area contributed by atoms with Gasteiger partial charge >= 0.3 is 0 Å². The molecule has 0 aliphatic carbocycles. The average molecular weight is 265 g/mol. The fraction of sp³-hybridized carbons (Fsp3) is 0.429. The van der Waals surface area contributed by atoms with Gasteiger partial charge in [-0.3, -0.25) is 4.90 Å². The SMILES string of the molecule is CN1CCCNCC1c1cc2cc(Cl)ccc2o1. The Kier molecular flexibility index (Phi) is 3.29. The molecule has 1 unspecified atom stereocenters. The molecule has 0 bridgehead atoms. The number of nitrogens with one attached hydrogen (secondary N) is 1. The summed E-state index contributed by atoms with van der Waals surface area (Å²) in [6, 6.07) is 8.17. The van der Waals surface area contributed by atoms with Crippen molar-refractivity contribution in [3.63, 3.8) is 0 Å². The minimum absolute atomic E-state index is 0.304. The third-order valence-electron chi connectivity index (χ3n) is 3.56. The van der Waals surface area contributed by atoms with E-state index in [9.17, 15) is 0 Å². The molecule has 1 atom stereocenters. The first-order valence-corrected chi connectivity index (χ1v) is 6.72. The number of halogens is 1. The summed E-state index contributed by atoms with van der Waals surface area (Å²) in [4.78, 5) is 2.35. The molecular formula is C14H17ClN2O. The maximum absolute atomic E-state index is 6.00. The molecule has 1 saturated heterocycles. The predicted molar refractivity (Wildman–Crippen MR) is 74.1 cm³/mol. The van der Waals surface area contributed by atoms with Gasteiger partial charge in [0.2, 0.25) is 0 Å². The van der Waals surface area contributed by atoms with Crippen molar-refractivity contribution in [3.8, 4) is 0 Å². The predicted octanol–water partition coefficient (Wildman–Crippen LogP) is 3.05. The van der Waals surface area contributed by atoms with Gasteiger partial charge in [-0.1, -0.05) is 11.6 Å². The fourth-order valence-corrected chi connectivity index (χ4v) is 2.70. The van der Waals surface area contributed by atoms with E-state index in [0.29, 0.717) is 6.04 Å². The van der Waals surface area contributed by atoms with Gasteiger partial charge in [0.25, 0.3) is 0 Å². The molecule has 2 aromatic rings. The van der Waals surface area contributed by atoms with Gasteiger partial charge in [-0.25, -0.2) is 0 Å². The van der Waals surface area contributed by atoms with Crippen LogP contribution in [0.5, 0.6) is 0 Å². The van der Waals surface area contributed by atoms with Crippen LogP contribution in [0.25, 0.3) is 11.0 Å². The van der Waals surface area contributed by atoms with Gasteiger partial charge in [0.1, 0.15) is 11.3 Å². The summed E-state index contributed by atoms with van der Waals surface area (Å²) >= 11 is 6.00. The van der Waals surface area contributed by atoms with Gasteiger partial charge in [-0.15, -0.1) is 0 Å². The third-order valence-corrected chi connectivity index (χ3v) is 3.80. The molecule has 3 nitrogen and oxygen atoms in total. The molecule has 1 N–H and O–H groups in total. The Labute approximate surface area is 112 Å². The first-order chi connectivity index (χ1) is 8.74. The number of fused-ring (bicyclic) bond motifs is 1. The fourth-order valence-electron chi connectivity index (χ4n) is 2.52. The third kappa shape index (κ3) is 2.26. The molecule has 1 aliphatic rings. The lowest BCUT2D eigenvalue weighted by atomic mass is 10.2. The number of hydrogen-bond donors (Lipinski definition) is 1. The number of furan rings is 1. The summed E-state index contributed by atoms with van der Waals surface area (Å²) in [5, 5.41) is 5.29. The quantitative estimate of drug-likeness (QED) is 0.858. The maximum atomic E-state index is 6.00. The van der Waals surface area contributed by atoms with Gasteiger partial charge in [-0.2, -0.15) is 0 Å². The molecule has 1 aromatic heterocycles. The zero-order valence-electron chi connectivity index (χ0n) is 10.4. The lowest BCUT2D eigenvalue weighted by Gasteiger charge is -2.23. The largest absolute Gasteiger partial charge is 0.459 e. The highest BCUT2D eigenvalue weighted by Crippen LogP contribution is 2.29. The van der Waals surface area contributed by atoms with Crippen LogP contribution in [0.4, 0.5) is 0 Å². The first-order valence-electron chi connectivity index (χ1n) is 6.34. The molecule has 0 spiro atoms. The highest BCUT2D eigenvalue weighted by molar-refractivity contribution is 6.31. The summed E-state index contributed by atoms with van der Waals surface area (Å²) in [7, 11) is 2.15. The van der Waals surface area contributed by atoms with Crippen molar-refractivity contribution in [1.82, 2.24) is 10.2 Å². The molecule has 1 fully saturated rings. The average Bonchev–Trinajstić information content (AvgIpc) is 2.63. The molecule has 2 heterocycles. The van der Waals surface area contributed by atoms with E-state index in [1.807, 2.05) is 18.2 Å². The molecule has 0 saturated carbocycles. The number of rotatable bonds is 1. The molecule has 4 heteroatoms. The van der Waals surface area contributed by atoms with Crippen LogP contribution in [0, 0.1) is 0 Å². The molecule has 0 radical (unpaired) electrons. The topological polar surface area (TPSA) is 28.4 Å². The zero-order chi connectivity index (χ0) is 12.5. The smallest absolute Gasteiger partial charge is 0.134 e. The van der Waals surface area contributed by atoms with E-state index in [-0.39, 0.29) is 0 Å². The number of benzene rings is 1. The van der Waals surface area contributed by atoms with Gasteiger partial charge in [0.05, 0.1) is 6.04 Å². The van der Waals surface area contributed by atoms with Crippen molar-refractivity contribution in [2.75, 3.05) is 26.7 Å². The van der Waals surface area contributed by atoms with E-state index < -0.39 is 0 Å². The standard InChI is InChI=1S/C14H17ClN2O/c1-17-6-2-5-16-9-12(17)14-8-10-7-11(15)3-4-13(10)18-14/h3-4,7-8,12,16H,2,5-6,9H2,1H3. The van der Waals surface area contributed by atoms with Gasteiger partial charge in [0, 0.05) is 17.0 Å². The van der Waals surface area contributed by atoms with Gasteiger partial charge < -0.3 is 9.73 Å². The van der Waals surface area contributed by atoms with E-state index in [1.165, 1.54) is 6.42 Å². The van der Waals surface area contributed by atoms with Gasteiger partial charge in [0.15, 0.2) is 0 Å². The van der Waals surface area contributed by atoms with Crippen LogP contribution >= 0.6 is 11.6 Å². The lowest BCUT2D eigenvalue weighted by molar-refractivity contribution is 0.233. The Hall–Kier alpha value is -1.03. The second-order valence-electron chi connectivity index (χ2n) is 4.88. The van der Waals surface area contributed by atoms with Crippen LogP contribution in [0.3, 0.4) is 0 Å². The van der Waals surface area contributed by atoms with Crippen molar-refractivity contribution >= 4 is 22.6 Å². The Balaban J connectivity index is 1.97. The molecule has 96 valence electrons. The number of hydrogen-bond acceptors (Lipinski definition) is 3. The van der Waals surface area contributed by atoms with Crippen LogP contribution in [-0.4, -0.2) is 31.6 Å². The van der Waals surface area contributed by atoms with Crippen LogP contribution in [0.15, 0.2) is 28.7 Å². The van der Waals surface area contributed by atoms with E-state index in [4.69, 9.17) is 16.0 Å². The molecular weight excluding hydrogens is 248 g/mol. The van der Waals surface area contributed by atoms with Crippen molar-refractivity contribution in [2.24, 2.45) is 0 Å². The summed E-state index contributed by atoms with van der Waals surface area (Å²) in [6.07, 6.45) is 1.18. The van der Waals surface area contributed by atoms with Crippen LogP contribution in [-0.2, 0) is 0 Å². The Bertz CT molecular complexity index is 552. The van der Waals surface area contributed by atoms with E-state index in [0.717, 1.165) is 41.4 Å². The van der Waals surface area contributed by atoms with Crippen molar-refractivity contribution < 1.29 is 4.42 Å². The van der Waals surface area contributed by atoms with E-state index in [1.54, 1.807) is 0 Å². The summed E-state index contributed by atoms with van der Waals surface area (Å²) < 4.78 is 5.95. The molecule has 1 aliphatic heterocycles. The summed E-state index contributed by atoms with van der Waals surface area (Å²) in [5.41, 5.74) is 0.909. The Morgan fingerprint density at radius 3 is 3.17 bits per heavy atom. The zero-order valence-corrected chi connectivity index (χ0v) is 11.2. The molecule has 18 heavy (non-hydrogen) atoms. The maximum Gasteiger partial charge on any atom is 0.134 e. The second kappa shape index (κ2) is 4.92. The first kappa shape index (κ1) is 12.0. The minimum Gasteiger partial charge on any atom is -0.459 e. The van der Waals surface area contributed by atoms with Crippen molar-refractivity contribution in [1.29, 1.82) is 0 Å². The van der Waals surface area contributed by atoms with Crippen LogP contribution in [0.2, 0.25) is 5.02 Å². The van der Waals surface area contributed by atoms with Crippen LogP contribution < -0.4 is 5.32 Å². The van der Waals surface area contributed by atoms with Crippen LogP contribution in [0.1, 0.15) is 18.2 Å². The highest BCUT2D eigenvalue weighted by Gasteiger charge is 2.22. The Morgan fingerprint density at radius 2 is 2.28 bits per heavy atom. The second-order valence-corrected chi connectivity index (χ2v) is 5.32. The summed E-state index contributed by atoms with van der Waals surface area (Å²) in [6.45, 7) is 3.10. The molecule has 3 rings (SSSR count). The van der Waals surface area contributed by atoms with Gasteiger partial charge in [-0.05, 0) is 50.8 Å². The normalized spacial score (nSPS) is 22.2. The van der Waals surface area contributed by atoms with Crippen molar-refractivity contribution in [2.45, 2.75) is 12.5 Å². The molecule has 1 aromatic carbocycles. The minimum atomic E-state index is 0.304. The number of likely N-dealkylation sites (N-methyl/N-ethyl adjacent to an activating group) is 1. The summed E-state index contributed by atoms with van der Waals surface area (Å²) in [5.74, 6) is 1.02. The van der Waals surface area contributed by atoms with E-state index >= 15 is 0 Å². The monoisotopic (exact) mass is 264 g/mol. The molecule has 0 amide bonds. The number of nitrogens with zero attached hydrogens (tertiary/aromatic N) is 1. The Morgan fingerprint density at radius 1 is 1.39 bits per heavy atom. The lowest BCUT2D eigenvalue weighted by Crippen LogP contribution is -2.29. The highest BCUT2D eigenvalue weighted by atomic mass is 35.5.